The molecule has 4 rings (SSSR count). The number of nitrogens with zero attached hydrogens (tertiary/aromatic N) is 1. The van der Waals surface area contributed by atoms with Gasteiger partial charge in [-0.3, -0.25) is 0 Å². The average Bonchev–Trinajstić information content (AvgIpc) is 2.78. The van der Waals surface area contributed by atoms with Gasteiger partial charge in [0.1, 0.15) is 6.10 Å². The molecule has 2 aromatic rings. The highest BCUT2D eigenvalue weighted by Crippen LogP contribution is 2.39. The molecule has 2 aromatic carbocycles. The summed E-state index contributed by atoms with van der Waals surface area (Å²) in [5.74, 6) is -0.556. The highest BCUT2D eigenvalue weighted by Gasteiger charge is 2.46. The summed E-state index contributed by atoms with van der Waals surface area (Å²) in [5.41, 5.74) is 1.56. The van der Waals surface area contributed by atoms with Crippen LogP contribution in [-0.4, -0.2) is 42.2 Å². The van der Waals surface area contributed by atoms with E-state index in [9.17, 15) is 9.90 Å². The van der Waals surface area contributed by atoms with Gasteiger partial charge < -0.3 is 14.7 Å². The maximum Gasteiger partial charge on any atom is 0.348 e. The highest BCUT2D eigenvalue weighted by molar-refractivity contribution is 5.87. The Morgan fingerprint density at radius 2 is 1.65 bits per heavy atom. The molecule has 4 nitrogen and oxygen atoms in total. The van der Waals surface area contributed by atoms with Crippen LogP contribution in [0.25, 0.3) is 0 Å². The van der Waals surface area contributed by atoms with Crippen molar-refractivity contribution in [2.24, 2.45) is 0 Å². The Kier molecular flexibility index (Phi) is 4.55. The van der Waals surface area contributed by atoms with Gasteiger partial charge in [-0.15, -0.1) is 0 Å². The Morgan fingerprint density at radius 3 is 2.23 bits per heavy atom. The largest absolute Gasteiger partial charge is 0.458 e. The van der Waals surface area contributed by atoms with Crippen molar-refractivity contribution >= 4 is 5.97 Å². The van der Waals surface area contributed by atoms with E-state index in [2.05, 4.69) is 4.90 Å². The van der Waals surface area contributed by atoms with Gasteiger partial charge in [-0.2, -0.15) is 0 Å². The molecule has 1 unspecified atom stereocenters. The molecule has 136 valence electrons. The summed E-state index contributed by atoms with van der Waals surface area (Å²) in [5, 5.41) is 11.7. The molecule has 1 N–H and O–H groups in total. The fourth-order valence-electron chi connectivity index (χ4n) is 4.27. The van der Waals surface area contributed by atoms with E-state index < -0.39 is 11.6 Å². The van der Waals surface area contributed by atoms with Crippen LogP contribution in [0.4, 0.5) is 0 Å². The minimum atomic E-state index is -1.75. The molecule has 1 fully saturated rings. The molecule has 4 heteroatoms. The van der Waals surface area contributed by atoms with E-state index in [0.29, 0.717) is 17.7 Å². The number of rotatable bonds is 2. The number of fused-ring (bicyclic) bond motifs is 2. The molecule has 1 saturated heterocycles. The van der Waals surface area contributed by atoms with E-state index in [1.54, 1.807) is 0 Å². The van der Waals surface area contributed by atoms with E-state index in [1.165, 1.54) is 0 Å². The lowest BCUT2D eigenvalue weighted by molar-refractivity contribution is -0.170. The lowest BCUT2D eigenvalue weighted by atomic mass is 9.83. The minimum Gasteiger partial charge on any atom is -0.458 e. The van der Waals surface area contributed by atoms with Gasteiger partial charge in [-0.05, 0) is 50.4 Å². The predicted molar refractivity (Wildman–Crippen MR) is 99.9 cm³/mol. The molecule has 26 heavy (non-hydrogen) atoms. The van der Waals surface area contributed by atoms with Crippen LogP contribution >= 0.6 is 0 Å². The van der Waals surface area contributed by atoms with Gasteiger partial charge in [-0.1, -0.05) is 48.5 Å². The van der Waals surface area contributed by atoms with Crippen molar-refractivity contribution in [2.75, 3.05) is 20.1 Å². The van der Waals surface area contributed by atoms with Crippen molar-refractivity contribution < 1.29 is 14.6 Å². The zero-order valence-corrected chi connectivity index (χ0v) is 15.1. The van der Waals surface area contributed by atoms with Crippen molar-refractivity contribution in [3.05, 3.63) is 70.8 Å². The van der Waals surface area contributed by atoms with Crippen LogP contribution in [0.15, 0.2) is 48.5 Å². The van der Waals surface area contributed by atoms with Crippen LogP contribution < -0.4 is 0 Å². The molecule has 0 saturated carbocycles. The molecular formula is C22H25NO3. The van der Waals surface area contributed by atoms with E-state index >= 15 is 0 Å². The molecular weight excluding hydrogens is 326 g/mol. The molecule has 0 spiro atoms. The highest BCUT2D eigenvalue weighted by atomic mass is 16.6. The van der Waals surface area contributed by atoms with Gasteiger partial charge >= 0.3 is 5.97 Å². The number of ether oxygens (including phenoxy) is 1. The summed E-state index contributed by atoms with van der Waals surface area (Å²) in [4.78, 5) is 15.4. The number of likely N-dealkylation sites (tertiary alicyclic amines) is 1. The number of aliphatic hydroxyl groups is 1. The SMILES string of the molecule is CN1CCCC(OC(=O)C2(O)c3ccccc3CCc3ccccc32)C1. The molecule has 0 aromatic heterocycles. The third kappa shape index (κ3) is 2.93. The number of benzene rings is 2. The van der Waals surface area contributed by atoms with Gasteiger partial charge in [0.15, 0.2) is 0 Å². The van der Waals surface area contributed by atoms with Crippen LogP contribution in [-0.2, 0) is 28.0 Å². The first-order valence-corrected chi connectivity index (χ1v) is 9.38. The van der Waals surface area contributed by atoms with Gasteiger partial charge in [-0.25, -0.2) is 4.79 Å². The maximum absolute atomic E-state index is 13.3. The van der Waals surface area contributed by atoms with E-state index in [-0.39, 0.29) is 6.10 Å². The standard InChI is InChI=1S/C22H25NO3/c1-23-14-6-9-18(15-23)26-21(24)22(25)19-10-4-2-7-16(19)12-13-17-8-3-5-11-20(17)22/h2-5,7-8,10-11,18,25H,6,9,12-15H2,1H3. The molecule has 0 radical (unpaired) electrons. The summed E-state index contributed by atoms with van der Waals surface area (Å²) in [6, 6.07) is 15.4. The fraction of sp³-hybridized carbons (Fsp3) is 0.409. The first kappa shape index (κ1) is 17.3. The van der Waals surface area contributed by atoms with Crippen LogP contribution in [0.3, 0.4) is 0 Å². The van der Waals surface area contributed by atoms with Crippen LogP contribution in [0, 0.1) is 0 Å². The summed E-state index contributed by atoms with van der Waals surface area (Å²) in [6.45, 7) is 1.73. The second kappa shape index (κ2) is 6.86. The molecule has 2 aliphatic rings. The third-order valence-corrected chi connectivity index (χ3v) is 5.63. The van der Waals surface area contributed by atoms with Crippen molar-refractivity contribution in [1.82, 2.24) is 4.90 Å². The van der Waals surface area contributed by atoms with Gasteiger partial charge in [0, 0.05) is 17.7 Å². The molecule has 1 aliphatic heterocycles. The maximum atomic E-state index is 13.3. The zero-order chi connectivity index (χ0) is 18.1. The molecule has 0 bridgehead atoms. The average molecular weight is 351 g/mol. The van der Waals surface area contributed by atoms with Crippen LogP contribution in [0.1, 0.15) is 35.1 Å². The molecule has 1 atom stereocenters. The number of carbonyl (C=O) groups is 1. The van der Waals surface area contributed by atoms with E-state index in [0.717, 1.165) is 43.4 Å². The Balaban J connectivity index is 1.76. The predicted octanol–water partition coefficient (Wildman–Crippen LogP) is 2.66. The third-order valence-electron chi connectivity index (χ3n) is 5.63. The first-order valence-electron chi connectivity index (χ1n) is 9.38. The lowest BCUT2D eigenvalue weighted by Crippen LogP contribution is -2.45. The summed E-state index contributed by atoms with van der Waals surface area (Å²) in [6.07, 6.45) is 3.27. The number of piperidine rings is 1. The number of likely N-dealkylation sites (N-methyl/N-ethyl adjacent to an activating group) is 1. The monoisotopic (exact) mass is 351 g/mol. The van der Waals surface area contributed by atoms with Crippen molar-refractivity contribution in [3.63, 3.8) is 0 Å². The fourth-order valence-corrected chi connectivity index (χ4v) is 4.27. The number of hydrogen-bond donors (Lipinski definition) is 1. The molecule has 1 heterocycles. The van der Waals surface area contributed by atoms with Gasteiger partial charge in [0.25, 0.3) is 0 Å². The smallest absolute Gasteiger partial charge is 0.348 e. The topological polar surface area (TPSA) is 49.8 Å². The second-order valence-corrected chi connectivity index (χ2v) is 7.46. The quantitative estimate of drug-likeness (QED) is 0.845. The van der Waals surface area contributed by atoms with Crippen molar-refractivity contribution in [2.45, 2.75) is 37.4 Å². The van der Waals surface area contributed by atoms with Gasteiger partial charge in [0.05, 0.1) is 0 Å². The van der Waals surface area contributed by atoms with Crippen LogP contribution in [0.2, 0.25) is 0 Å². The Hall–Kier alpha value is -2.17. The number of carbonyl (C=O) groups excluding carboxylic acids is 1. The Morgan fingerprint density at radius 1 is 1.08 bits per heavy atom. The van der Waals surface area contributed by atoms with Crippen molar-refractivity contribution in [3.8, 4) is 0 Å². The summed E-state index contributed by atoms with van der Waals surface area (Å²) < 4.78 is 5.84. The Bertz CT molecular complexity index is 769. The normalized spacial score (nSPS) is 22.0. The van der Waals surface area contributed by atoms with Gasteiger partial charge in [0.2, 0.25) is 5.60 Å². The Labute approximate surface area is 154 Å². The lowest BCUT2D eigenvalue weighted by Gasteiger charge is -2.34. The number of hydrogen-bond acceptors (Lipinski definition) is 4. The van der Waals surface area contributed by atoms with Crippen LogP contribution in [0.5, 0.6) is 0 Å². The molecule has 1 aliphatic carbocycles. The van der Waals surface area contributed by atoms with E-state index in [1.807, 2.05) is 55.6 Å². The number of aryl methyl sites for hydroxylation is 2. The number of esters is 1. The summed E-state index contributed by atoms with van der Waals surface area (Å²) in [7, 11) is 2.03. The first-order chi connectivity index (χ1) is 12.6. The second-order valence-electron chi connectivity index (χ2n) is 7.46. The van der Waals surface area contributed by atoms with Crippen molar-refractivity contribution in [1.29, 1.82) is 0 Å². The zero-order valence-electron chi connectivity index (χ0n) is 15.1. The summed E-state index contributed by atoms with van der Waals surface area (Å²) >= 11 is 0. The minimum absolute atomic E-state index is 0.173. The molecule has 0 amide bonds. The van der Waals surface area contributed by atoms with E-state index in [4.69, 9.17) is 4.74 Å².